The van der Waals surface area contributed by atoms with Gasteiger partial charge in [-0.1, -0.05) is 13.3 Å². The monoisotopic (exact) mass is 290 g/mol. The zero-order valence-electron chi connectivity index (χ0n) is 13.3. The predicted molar refractivity (Wildman–Crippen MR) is 84.3 cm³/mol. The van der Waals surface area contributed by atoms with Crippen LogP contribution in [0.25, 0.3) is 0 Å². The highest BCUT2D eigenvalue weighted by Gasteiger charge is 2.27. The molecule has 1 heterocycles. The fraction of sp³-hybridized carbons (Fsp3) is 0.688. The van der Waals surface area contributed by atoms with Crippen LogP contribution in [0.1, 0.15) is 56.4 Å². The van der Waals surface area contributed by atoms with Gasteiger partial charge in [-0.05, 0) is 38.5 Å². The lowest BCUT2D eigenvalue weighted by molar-refractivity contribution is 0.0668. The van der Waals surface area contributed by atoms with Crippen LogP contribution in [0.15, 0.2) is 12.4 Å². The molecule has 1 fully saturated rings. The van der Waals surface area contributed by atoms with Crippen LogP contribution in [-0.4, -0.2) is 40.4 Å². The highest BCUT2D eigenvalue weighted by atomic mass is 16.2. The molecule has 0 radical (unpaired) electrons. The Morgan fingerprint density at radius 2 is 2.00 bits per heavy atom. The summed E-state index contributed by atoms with van der Waals surface area (Å²) in [5.74, 6) is 1.47. The fourth-order valence-corrected chi connectivity index (χ4v) is 3.02. The molecule has 0 spiro atoms. The number of carbonyl (C=O) groups excluding carboxylic acids is 1. The highest BCUT2D eigenvalue weighted by molar-refractivity contribution is 5.92. The van der Waals surface area contributed by atoms with Crippen LogP contribution in [0.2, 0.25) is 0 Å². The number of carbonyl (C=O) groups is 1. The van der Waals surface area contributed by atoms with Crippen LogP contribution in [0.5, 0.6) is 0 Å². The molecule has 1 aromatic rings. The molecule has 2 rings (SSSR count). The van der Waals surface area contributed by atoms with Crippen molar-refractivity contribution in [3.05, 3.63) is 18.1 Å². The normalized spacial score (nSPS) is 21.9. The molecule has 0 unspecified atom stereocenters. The van der Waals surface area contributed by atoms with Crippen LogP contribution in [0.4, 0.5) is 5.82 Å². The summed E-state index contributed by atoms with van der Waals surface area (Å²) < 4.78 is 0. The molecule has 1 saturated carbocycles. The van der Waals surface area contributed by atoms with Crippen LogP contribution in [0, 0.1) is 5.92 Å². The van der Waals surface area contributed by atoms with Gasteiger partial charge in [0.15, 0.2) is 0 Å². The van der Waals surface area contributed by atoms with E-state index in [9.17, 15) is 4.79 Å². The molecule has 0 atom stereocenters. The summed E-state index contributed by atoms with van der Waals surface area (Å²) in [5.41, 5.74) is 0.425. The van der Waals surface area contributed by atoms with E-state index in [1.54, 1.807) is 12.4 Å². The maximum Gasteiger partial charge on any atom is 0.274 e. The molecule has 1 aliphatic rings. The Morgan fingerprint density at radius 1 is 1.29 bits per heavy atom. The van der Waals surface area contributed by atoms with E-state index in [2.05, 4.69) is 22.2 Å². The summed E-state index contributed by atoms with van der Waals surface area (Å²) in [6.07, 6.45) is 9.09. The molecule has 1 amide bonds. The lowest BCUT2D eigenvalue weighted by Crippen LogP contribution is -2.39. The summed E-state index contributed by atoms with van der Waals surface area (Å²) in [4.78, 5) is 22.8. The number of nitrogens with one attached hydrogen (secondary N) is 1. The van der Waals surface area contributed by atoms with Gasteiger partial charge in [0.2, 0.25) is 0 Å². The average Bonchev–Trinajstić information content (AvgIpc) is 2.54. The summed E-state index contributed by atoms with van der Waals surface area (Å²) in [6.45, 7) is 5.01. The topological polar surface area (TPSA) is 58.1 Å². The zero-order valence-corrected chi connectivity index (χ0v) is 13.3. The molecular weight excluding hydrogens is 264 g/mol. The quantitative estimate of drug-likeness (QED) is 0.906. The van der Waals surface area contributed by atoms with E-state index >= 15 is 0 Å². The first-order valence-electron chi connectivity index (χ1n) is 7.98. The molecule has 0 aliphatic heterocycles. The first-order chi connectivity index (χ1) is 10.2. The Morgan fingerprint density at radius 3 is 2.62 bits per heavy atom. The maximum atomic E-state index is 12.5. The number of hydrogen-bond acceptors (Lipinski definition) is 4. The van der Waals surface area contributed by atoms with Crippen molar-refractivity contribution >= 4 is 11.7 Å². The second-order valence-corrected chi connectivity index (χ2v) is 5.82. The van der Waals surface area contributed by atoms with E-state index in [1.807, 2.05) is 18.9 Å². The number of hydrogen-bond donors (Lipinski definition) is 1. The minimum atomic E-state index is -0.0257. The second kappa shape index (κ2) is 7.38. The van der Waals surface area contributed by atoms with Gasteiger partial charge in [-0.15, -0.1) is 0 Å². The van der Waals surface area contributed by atoms with E-state index < -0.39 is 0 Å². The van der Waals surface area contributed by atoms with Gasteiger partial charge in [0.25, 0.3) is 5.91 Å². The first-order valence-corrected chi connectivity index (χ1v) is 7.98. The molecule has 0 saturated heterocycles. The molecule has 5 nitrogen and oxygen atoms in total. The Hall–Kier alpha value is -1.65. The zero-order chi connectivity index (χ0) is 15.2. The van der Waals surface area contributed by atoms with Gasteiger partial charge in [-0.2, -0.15) is 0 Å². The van der Waals surface area contributed by atoms with Crippen LogP contribution < -0.4 is 5.32 Å². The molecule has 1 aromatic heterocycles. The van der Waals surface area contributed by atoms with Crippen molar-refractivity contribution < 1.29 is 4.79 Å². The lowest BCUT2D eigenvalue weighted by atomic mass is 9.84. The molecular formula is C16H26N4O. The molecule has 5 heteroatoms. The van der Waals surface area contributed by atoms with Gasteiger partial charge < -0.3 is 10.2 Å². The third-order valence-corrected chi connectivity index (χ3v) is 4.47. The SMILES string of the molecule is CCNc1cncc(C(=O)N(C)C2CCC(CC)CC2)n1. The van der Waals surface area contributed by atoms with Gasteiger partial charge in [-0.25, -0.2) is 4.98 Å². The lowest BCUT2D eigenvalue weighted by Gasteiger charge is -2.34. The predicted octanol–water partition coefficient (Wildman–Crippen LogP) is 2.95. The summed E-state index contributed by atoms with van der Waals surface area (Å²) in [6, 6.07) is 0.338. The minimum absolute atomic E-state index is 0.0257. The summed E-state index contributed by atoms with van der Waals surface area (Å²) >= 11 is 0. The van der Waals surface area contributed by atoms with Crippen LogP contribution in [-0.2, 0) is 0 Å². The van der Waals surface area contributed by atoms with E-state index in [-0.39, 0.29) is 5.91 Å². The van der Waals surface area contributed by atoms with E-state index in [1.165, 1.54) is 19.3 Å². The third kappa shape index (κ3) is 3.93. The number of aromatic nitrogens is 2. The Labute approximate surface area is 127 Å². The Kier molecular flexibility index (Phi) is 5.53. The molecule has 0 aromatic carbocycles. The van der Waals surface area contributed by atoms with Gasteiger partial charge in [0, 0.05) is 19.6 Å². The van der Waals surface area contributed by atoms with Gasteiger partial charge in [0.05, 0.1) is 12.4 Å². The van der Waals surface area contributed by atoms with Crippen LogP contribution >= 0.6 is 0 Å². The number of rotatable bonds is 5. The van der Waals surface area contributed by atoms with Gasteiger partial charge in [-0.3, -0.25) is 9.78 Å². The Bertz CT molecular complexity index is 469. The Balaban J connectivity index is 2.00. The van der Waals surface area contributed by atoms with E-state index in [0.29, 0.717) is 17.6 Å². The molecule has 116 valence electrons. The molecule has 0 bridgehead atoms. The second-order valence-electron chi connectivity index (χ2n) is 5.82. The standard InChI is InChI=1S/C16H26N4O/c1-4-12-6-8-13(9-7-12)20(3)16(21)14-10-17-11-15(19-14)18-5-2/h10-13H,4-9H2,1-3H3,(H,18,19). The highest BCUT2D eigenvalue weighted by Crippen LogP contribution is 2.29. The van der Waals surface area contributed by atoms with E-state index in [4.69, 9.17) is 0 Å². The fourth-order valence-electron chi connectivity index (χ4n) is 3.02. The molecule has 1 N–H and O–H groups in total. The van der Waals surface area contributed by atoms with Crippen LogP contribution in [0.3, 0.4) is 0 Å². The number of amides is 1. The third-order valence-electron chi connectivity index (χ3n) is 4.47. The van der Waals surface area contributed by atoms with Crippen molar-refractivity contribution in [2.45, 2.75) is 52.0 Å². The smallest absolute Gasteiger partial charge is 0.274 e. The van der Waals surface area contributed by atoms with Crippen molar-refractivity contribution in [3.8, 4) is 0 Å². The van der Waals surface area contributed by atoms with Crippen molar-refractivity contribution in [2.75, 3.05) is 18.9 Å². The van der Waals surface area contributed by atoms with E-state index in [0.717, 1.165) is 25.3 Å². The van der Waals surface area contributed by atoms with Crippen molar-refractivity contribution in [1.29, 1.82) is 0 Å². The van der Waals surface area contributed by atoms with Crippen molar-refractivity contribution in [1.82, 2.24) is 14.9 Å². The minimum Gasteiger partial charge on any atom is -0.369 e. The summed E-state index contributed by atoms with van der Waals surface area (Å²) in [7, 11) is 1.89. The van der Waals surface area contributed by atoms with Crippen molar-refractivity contribution in [2.24, 2.45) is 5.92 Å². The maximum absolute atomic E-state index is 12.5. The van der Waals surface area contributed by atoms with Gasteiger partial charge >= 0.3 is 0 Å². The first kappa shape index (κ1) is 15.7. The summed E-state index contributed by atoms with van der Waals surface area (Å²) in [5, 5.41) is 3.09. The molecule has 21 heavy (non-hydrogen) atoms. The van der Waals surface area contributed by atoms with Crippen molar-refractivity contribution in [3.63, 3.8) is 0 Å². The molecule has 1 aliphatic carbocycles. The van der Waals surface area contributed by atoms with Gasteiger partial charge in [0.1, 0.15) is 11.5 Å². The number of anilines is 1. The number of nitrogens with zero attached hydrogens (tertiary/aromatic N) is 3. The average molecular weight is 290 g/mol. The largest absolute Gasteiger partial charge is 0.369 e.